The van der Waals surface area contributed by atoms with Crippen LogP contribution in [0.3, 0.4) is 0 Å². The van der Waals surface area contributed by atoms with Gasteiger partial charge in [0, 0.05) is 19.8 Å². The maximum absolute atomic E-state index is 12.7. The number of imide groups is 1. The third-order valence-corrected chi connectivity index (χ3v) is 3.82. The van der Waals surface area contributed by atoms with Crippen LogP contribution in [0, 0.1) is 0 Å². The summed E-state index contributed by atoms with van der Waals surface area (Å²) < 4.78 is 20.1. The summed E-state index contributed by atoms with van der Waals surface area (Å²) in [5.41, 5.74) is -1.85. The molecular weight excluding hydrogens is 470 g/mol. The Kier molecular flexibility index (Phi) is 9.92. The molecule has 1 aliphatic rings. The molecule has 0 aliphatic carbocycles. The highest BCUT2D eigenvalue weighted by atomic mass is 16.7. The van der Waals surface area contributed by atoms with Gasteiger partial charge in [-0.3, -0.25) is 24.0 Å². The summed E-state index contributed by atoms with van der Waals surface area (Å²) in [5, 5.41) is 0.211. The Balaban J connectivity index is 3.08. The number of hydroxylamine groups is 2. The highest BCUT2D eigenvalue weighted by Crippen LogP contribution is 2.18. The van der Waals surface area contributed by atoms with Crippen molar-refractivity contribution in [3.8, 4) is 0 Å². The molecule has 2 amide bonds. The maximum atomic E-state index is 12.7. The average Bonchev–Trinajstić information content (AvgIpc) is 2.95. The number of carbonyl (C=O) groups is 7. The Bertz CT molecular complexity index is 864. The molecule has 0 radical (unpaired) electrons. The van der Waals surface area contributed by atoms with Crippen LogP contribution in [0.2, 0.25) is 0 Å². The van der Waals surface area contributed by atoms with Gasteiger partial charge in [0.05, 0.1) is 12.8 Å². The Morgan fingerprint density at radius 2 is 1.14 bits per heavy atom. The lowest BCUT2D eigenvalue weighted by Gasteiger charge is -2.24. The first-order valence-corrected chi connectivity index (χ1v) is 10.8. The molecule has 1 heterocycles. The first-order valence-electron chi connectivity index (χ1n) is 10.8. The number of esters is 4. The molecule has 196 valence electrons. The number of nitrogens with zero attached hydrogens (tertiary/aromatic N) is 1. The van der Waals surface area contributed by atoms with Gasteiger partial charge in [-0.25, -0.2) is 9.59 Å². The summed E-state index contributed by atoms with van der Waals surface area (Å²) in [6, 6.07) is 0. The van der Waals surface area contributed by atoms with Crippen molar-refractivity contribution in [2.24, 2.45) is 0 Å². The lowest BCUT2D eigenvalue weighted by molar-refractivity contribution is -0.208. The number of rotatable bonds is 9. The third-order valence-electron chi connectivity index (χ3n) is 3.82. The molecule has 0 bridgehead atoms. The van der Waals surface area contributed by atoms with Crippen molar-refractivity contribution in [3.63, 3.8) is 0 Å². The van der Waals surface area contributed by atoms with E-state index in [1.807, 2.05) is 0 Å². The van der Waals surface area contributed by atoms with Crippen molar-refractivity contribution in [1.82, 2.24) is 5.06 Å². The SMILES string of the molecule is CC(=O)O[C@@H](CC(=O)OC(C)(C)C)C(=O)O[C@@H](CC(=O)OC(C)(C)C)C(=O)ON1C(=O)CCC1=O. The van der Waals surface area contributed by atoms with Crippen LogP contribution in [0.25, 0.3) is 0 Å². The van der Waals surface area contributed by atoms with Crippen molar-refractivity contribution < 1.29 is 57.3 Å². The zero-order valence-corrected chi connectivity index (χ0v) is 20.8. The van der Waals surface area contributed by atoms with E-state index < -0.39 is 77.9 Å². The number of amides is 2. The summed E-state index contributed by atoms with van der Waals surface area (Å²) in [7, 11) is 0. The molecule has 0 spiro atoms. The second kappa shape index (κ2) is 11.8. The monoisotopic (exact) mass is 501 g/mol. The molecule has 0 aromatic rings. The Morgan fingerprint density at radius 3 is 1.51 bits per heavy atom. The van der Waals surface area contributed by atoms with E-state index in [-0.39, 0.29) is 17.9 Å². The van der Waals surface area contributed by atoms with Gasteiger partial charge in [0.2, 0.25) is 12.2 Å². The molecule has 0 aromatic carbocycles. The third kappa shape index (κ3) is 11.0. The zero-order valence-electron chi connectivity index (χ0n) is 20.8. The Hall–Kier alpha value is -3.51. The minimum absolute atomic E-state index is 0.187. The fourth-order valence-corrected chi connectivity index (χ4v) is 2.64. The van der Waals surface area contributed by atoms with Crippen LogP contribution in [0.4, 0.5) is 0 Å². The van der Waals surface area contributed by atoms with E-state index in [1.165, 1.54) is 0 Å². The molecule has 0 N–H and O–H groups in total. The highest BCUT2D eigenvalue weighted by molar-refractivity contribution is 6.02. The van der Waals surface area contributed by atoms with E-state index >= 15 is 0 Å². The van der Waals surface area contributed by atoms with Crippen LogP contribution >= 0.6 is 0 Å². The van der Waals surface area contributed by atoms with Gasteiger partial charge in [0.1, 0.15) is 11.2 Å². The van der Waals surface area contributed by atoms with Crippen molar-refractivity contribution in [2.45, 2.75) is 97.6 Å². The van der Waals surface area contributed by atoms with Gasteiger partial charge < -0.3 is 23.8 Å². The van der Waals surface area contributed by atoms with E-state index in [0.29, 0.717) is 0 Å². The standard InChI is InChI=1S/C22H31NO12/c1-12(24)31-13(10-17(27)33-21(2,3)4)19(29)32-14(11-18(28)34-22(5,6)7)20(30)35-23-15(25)8-9-16(23)26/h13-14H,8-11H2,1-7H3/t13-,14-/m0/s1. The summed E-state index contributed by atoms with van der Waals surface area (Å²) in [6.07, 6.45) is -5.77. The van der Waals surface area contributed by atoms with E-state index in [0.717, 1.165) is 6.92 Å². The molecule has 1 aliphatic heterocycles. The fraction of sp³-hybridized carbons (Fsp3) is 0.682. The average molecular weight is 501 g/mol. The van der Waals surface area contributed by atoms with Crippen LogP contribution < -0.4 is 0 Å². The number of hydrogen-bond donors (Lipinski definition) is 0. The fourth-order valence-electron chi connectivity index (χ4n) is 2.64. The van der Waals surface area contributed by atoms with Crippen LogP contribution in [0.1, 0.15) is 74.1 Å². The zero-order chi connectivity index (χ0) is 27.1. The van der Waals surface area contributed by atoms with Gasteiger partial charge in [0.15, 0.2) is 0 Å². The summed E-state index contributed by atoms with van der Waals surface area (Å²) in [6.45, 7) is 10.4. The molecule has 0 saturated carbocycles. The molecule has 0 aromatic heterocycles. The van der Waals surface area contributed by atoms with Gasteiger partial charge >= 0.3 is 29.8 Å². The molecule has 1 rings (SSSR count). The first kappa shape index (κ1) is 29.5. The topological polar surface area (TPSA) is 169 Å². The molecule has 13 nitrogen and oxygen atoms in total. The highest BCUT2D eigenvalue weighted by Gasteiger charge is 2.39. The predicted molar refractivity (Wildman–Crippen MR) is 114 cm³/mol. The van der Waals surface area contributed by atoms with Crippen molar-refractivity contribution in [2.75, 3.05) is 0 Å². The molecule has 2 atom stereocenters. The lowest BCUT2D eigenvalue weighted by atomic mass is 10.1. The number of hydrogen-bond acceptors (Lipinski definition) is 12. The van der Waals surface area contributed by atoms with Gasteiger partial charge in [0.25, 0.3) is 11.8 Å². The summed E-state index contributed by atoms with van der Waals surface area (Å²) in [5.74, 6) is -7.19. The van der Waals surface area contributed by atoms with Crippen LogP contribution in [-0.2, 0) is 57.3 Å². The van der Waals surface area contributed by atoms with Crippen molar-refractivity contribution in [1.29, 1.82) is 0 Å². The Labute approximate surface area is 202 Å². The molecule has 13 heteroatoms. The van der Waals surface area contributed by atoms with Crippen molar-refractivity contribution >= 4 is 41.7 Å². The van der Waals surface area contributed by atoms with E-state index in [9.17, 15) is 33.6 Å². The lowest BCUT2D eigenvalue weighted by Crippen LogP contribution is -2.42. The predicted octanol–water partition coefficient (Wildman–Crippen LogP) is 0.901. The van der Waals surface area contributed by atoms with E-state index in [2.05, 4.69) is 0 Å². The second-order valence-corrected chi connectivity index (χ2v) is 9.60. The van der Waals surface area contributed by atoms with Gasteiger partial charge in [-0.15, -0.1) is 5.06 Å². The molecule has 1 saturated heterocycles. The first-order chi connectivity index (χ1) is 15.9. The van der Waals surface area contributed by atoms with Crippen LogP contribution in [0.5, 0.6) is 0 Å². The van der Waals surface area contributed by atoms with Crippen LogP contribution in [-0.4, -0.2) is 70.1 Å². The van der Waals surface area contributed by atoms with Gasteiger partial charge in [-0.2, -0.15) is 0 Å². The molecular formula is C22H31NO12. The van der Waals surface area contributed by atoms with Crippen LogP contribution in [0.15, 0.2) is 0 Å². The van der Waals surface area contributed by atoms with E-state index in [4.69, 9.17) is 23.8 Å². The minimum atomic E-state index is -1.99. The largest absolute Gasteiger partial charge is 0.460 e. The van der Waals surface area contributed by atoms with Gasteiger partial charge in [-0.05, 0) is 41.5 Å². The number of carbonyl (C=O) groups excluding carboxylic acids is 7. The smallest absolute Gasteiger partial charge is 0.374 e. The summed E-state index contributed by atoms with van der Waals surface area (Å²) in [4.78, 5) is 89.5. The quantitative estimate of drug-likeness (QED) is 0.249. The molecule has 35 heavy (non-hydrogen) atoms. The normalized spacial score (nSPS) is 15.7. The van der Waals surface area contributed by atoms with Gasteiger partial charge in [-0.1, -0.05) is 0 Å². The molecule has 0 unspecified atom stereocenters. The van der Waals surface area contributed by atoms with Crippen molar-refractivity contribution in [3.05, 3.63) is 0 Å². The maximum Gasteiger partial charge on any atom is 0.374 e. The molecule has 1 fully saturated rings. The number of ether oxygens (including phenoxy) is 4. The minimum Gasteiger partial charge on any atom is -0.460 e. The Morgan fingerprint density at radius 1 is 0.743 bits per heavy atom. The van der Waals surface area contributed by atoms with E-state index in [1.54, 1.807) is 41.5 Å². The second-order valence-electron chi connectivity index (χ2n) is 9.60. The summed E-state index contributed by atoms with van der Waals surface area (Å²) >= 11 is 0.